The van der Waals surface area contributed by atoms with Gasteiger partial charge in [0.15, 0.2) is 0 Å². The van der Waals surface area contributed by atoms with Gasteiger partial charge < -0.3 is 13.8 Å². The first-order valence-corrected chi connectivity index (χ1v) is 7.28. The van der Waals surface area contributed by atoms with Gasteiger partial charge in [-0.05, 0) is 43.1 Å². The van der Waals surface area contributed by atoms with Gasteiger partial charge in [-0.25, -0.2) is 0 Å². The van der Waals surface area contributed by atoms with Crippen molar-refractivity contribution in [3.05, 3.63) is 48.5 Å². The van der Waals surface area contributed by atoms with Crippen LogP contribution in [0.15, 0.2) is 53.4 Å². The molecule has 3 nitrogen and oxygen atoms in total. The Morgan fingerprint density at radius 3 is 2.35 bits per heavy atom. The van der Waals surface area contributed by atoms with Gasteiger partial charge in [0, 0.05) is 17.5 Å². The lowest BCUT2D eigenvalue weighted by atomic mass is 10.2. The molecule has 0 fully saturated rings. The van der Waals surface area contributed by atoms with E-state index < -0.39 is 0 Å². The van der Waals surface area contributed by atoms with Crippen molar-refractivity contribution in [2.45, 2.75) is 11.8 Å². The molecule has 0 heterocycles. The molecule has 2 rings (SSSR count). The molecule has 106 valence electrons. The van der Waals surface area contributed by atoms with Crippen LogP contribution in [0.4, 0.5) is 5.69 Å². The molecule has 0 atom stereocenters. The molecule has 0 aromatic heterocycles. The lowest BCUT2D eigenvalue weighted by Crippen LogP contribution is -2.14. The van der Waals surface area contributed by atoms with E-state index in [0.717, 1.165) is 23.7 Å². The van der Waals surface area contributed by atoms with E-state index in [9.17, 15) is 0 Å². The number of methoxy groups -OCH3 is 2. The fourth-order valence-corrected chi connectivity index (χ4v) is 2.79. The molecule has 0 N–H and O–H groups in total. The summed E-state index contributed by atoms with van der Waals surface area (Å²) in [6.07, 6.45) is 0. The molecule has 0 saturated heterocycles. The Hall–Kier alpha value is -1.81. The summed E-state index contributed by atoms with van der Waals surface area (Å²) < 4.78 is 13.0. The molecular formula is C16H19NO2S. The second-order valence-corrected chi connectivity index (χ2v) is 5.23. The van der Waals surface area contributed by atoms with E-state index in [4.69, 9.17) is 9.47 Å². The van der Waals surface area contributed by atoms with E-state index in [1.165, 1.54) is 4.90 Å². The predicted molar refractivity (Wildman–Crippen MR) is 84.9 cm³/mol. The fourth-order valence-electron chi connectivity index (χ4n) is 1.88. The monoisotopic (exact) mass is 289 g/mol. The summed E-state index contributed by atoms with van der Waals surface area (Å²) in [5.74, 6) is 1.67. The van der Waals surface area contributed by atoms with Crippen molar-refractivity contribution in [1.82, 2.24) is 0 Å². The van der Waals surface area contributed by atoms with Crippen LogP contribution in [-0.2, 0) is 0 Å². The molecular weight excluding hydrogens is 270 g/mol. The predicted octanol–water partition coefficient (Wildman–Crippen LogP) is 4.24. The van der Waals surface area contributed by atoms with Crippen LogP contribution in [0, 0.1) is 0 Å². The molecule has 2 aromatic rings. The summed E-state index contributed by atoms with van der Waals surface area (Å²) in [5, 5.41) is 0. The maximum atomic E-state index is 5.45. The average molecular weight is 289 g/mol. The minimum Gasteiger partial charge on any atom is -0.497 e. The Labute approximate surface area is 124 Å². The van der Waals surface area contributed by atoms with Crippen molar-refractivity contribution in [2.24, 2.45) is 0 Å². The van der Waals surface area contributed by atoms with Crippen LogP contribution < -0.4 is 13.8 Å². The zero-order valence-electron chi connectivity index (χ0n) is 12.0. The lowest BCUT2D eigenvalue weighted by molar-refractivity contribution is 0.404. The maximum absolute atomic E-state index is 5.45. The van der Waals surface area contributed by atoms with Gasteiger partial charge in [-0.15, -0.1) is 0 Å². The van der Waals surface area contributed by atoms with Crippen molar-refractivity contribution in [3.8, 4) is 11.5 Å². The zero-order chi connectivity index (χ0) is 14.4. The van der Waals surface area contributed by atoms with Gasteiger partial charge in [-0.1, -0.05) is 18.2 Å². The lowest BCUT2D eigenvalue weighted by Gasteiger charge is -2.24. The highest BCUT2D eigenvalue weighted by Gasteiger charge is 2.13. The minimum absolute atomic E-state index is 0.827. The Kier molecular flexibility index (Phi) is 5.18. The molecule has 0 aliphatic carbocycles. The Balaban J connectivity index is 2.30. The van der Waals surface area contributed by atoms with Crippen LogP contribution in [-0.4, -0.2) is 20.8 Å². The standard InChI is InChI=1S/C16H19NO2S/c1-4-17(20-14-8-6-5-7-9-14)15-12-13(18-2)10-11-16(15)19-3/h5-12H,4H2,1-3H3. The average Bonchev–Trinajstić information content (AvgIpc) is 2.53. The number of rotatable bonds is 6. The van der Waals surface area contributed by atoms with Crippen molar-refractivity contribution >= 4 is 17.6 Å². The van der Waals surface area contributed by atoms with Gasteiger partial charge in [-0.2, -0.15) is 0 Å². The van der Waals surface area contributed by atoms with Crippen LogP contribution in [0.3, 0.4) is 0 Å². The number of nitrogens with zero attached hydrogens (tertiary/aromatic N) is 1. The fraction of sp³-hybridized carbons (Fsp3) is 0.250. The van der Waals surface area contributed by atoms with Crippen molar-refractivity contribution in [2.75, 3.05) is 25.1 Å². The number of hydrogen-bond acceptors (Lipinski definition) is 4. The summed E-state index contributed by atoms with van der Waals surface area (Å²) >= 11 is 1.69. The van der Waals surface area contributed by atoms with Crippen LogP contribution in [0.5, 0.6) is 11.5 Å². The van der Waals surface area contributed by atoms with Crippen LogP contribution in [0.1, 0.15) is 6.92 Å². The van der Waals surface area contributed by atoms with Gasteiger partial charge in [0.2, 0.25) is 0 Å². The summed E-state index contributed by atoms with van der Waals surface area (Å²) in [6.45, 7) is 2.98. The van der Waals surface area contributed by atoms with Crippen LogP contribution in [0.2, 0.25) is 0 Å². The van der Waals surface area contributed by atoms with E-state index in [1.54, 1.807) is 26.2 Å². The molecule has 2 aromatic carbocycles. The van der Waals surface area contributed by atoms with Crippen LogP contribution in [0.25, 0.3) is 0 Å². The van der Waals surface area contributed by atoms with Crippen molar-refractivity contribution in [1.29, 1.82) is 0 Å². The first-order valence-electron chi connectivity index (χ1n) is 6.51. The Bertz CT molecular complexity index is 545. The Morgan fingerprint density at radius 2 is 1.75 bits per heavy atom. The van der Waals surface area contributed by atoms with Crippen molar-refractivity contribution < 1.29 is 9.47 Å². The van der Waals surface area contributed by atoms with E-state index in [2.05, 4.69) is 23.4 Å². The number of hydrogen-bond donors (Lipinski definition) is 0. The number of benzene rings is 2. The van der Waals surface area contributed by atoms with Gasteiger partial charge in [0.1, 0.15) is 11.5 Å². The summed E-state index contributed by atoms with van der Waals surface area (Å²) in [6, 6.07) is 16.1. The highest BCUT2D eigenvalue weighted by atomic mass is 32.2. The van der Waals surface area contributed by atoms with Gasteiger partial charge in [0.05, 0.1) is 19.9 Å². The molecule has 0 bridgehead atoms. The molecule has 0 saturated carbocycles. The molecule has 0 aliphatic heterocycles. The quantitative estimate of drug-likeness (QED) is 0.742. The maximum Gasteiger partial charge on any atom is 0.143 e. The number of ether oxygens (including phenoxy) is 2. The van der Waals surface area contributed by atoms with Gasteiger partial charge in [-0.3, -0.25) is 0 Å². The molecule has 0 radical (unpaired) electrons. The highest BCUT2D eigenvalue weighted by Crippen LogP contribution is 2.37. The smallest absolute Gasteiger partial charge is 0.143 e. The summed E-state index contributed by atoms with van der Waals surface area (Å²) in [5.41, 5.74) is 1.02. The highest BCUT2D eigenvalue weighted by molar-refractivity contribution is 8.00. The van der Waals surface area contributed by atoms with E-state index in [-0.39, 0.29) is 0 Å². The van der Waals surface area contributed by atoms with Gasteiger partial charge in [0.25, 0.3) is 0 Å². The van der Waals surface area contributed by atoms with Crippen molar-refractivity contribution in [3.63, 3.8) is 0 Å². The molecule has 0 amide bonds. The minimum atomic E-state index is 0.827. The van der Waals surface area contributed by atoms with Gasteiger partial charge >= 0.3 is 0 Å². The van der Waals surface area contributed by atoms with Crippen LogP contribution >= 0.6 is 11.9 Å². The van der Waals surface area contributed by atoms with E-state index in [1.807, 2.05) is 36.4 Å². The first kappa shape index (κ1) is 14.6. The van der Waals surface area contributed by atoms with E-state index >= 15 is 0 Å². The molecule has 0 spiro atoms. The first-order chi connectivity index (χ1) is 9.78. The second kappa shape index (κ2) is 7.10. The third-order valence-electron chi connectivity index (χ3n) is 2.90. The third kappa shape index (κ3) is 3.39. The molecule has 4 heteroatoms. The third-order valence-corrected chi connectivity index (χ3v) is 4.06. The topological polar surface area (TPSA) is 21.7 Å². The molecule has 0 aliphatic rings. The number of anilines is 1. The SMILES string of the molecule is CCN(Sc1ccccc1)c1cc(OC)ccc1OC. The zero-order valence-corrected chi connectivity index (χ0v) is 12.8. The Morgan fingerprint density at radius 1 is 1.00 bits per heavy atom. The molecule has 20 heavy (non-hydrogen) atoms. The summed E-state index contributed by atoms with van der Waals surface area (Å²) in [7, 11) is 3.36. The summed E-state index contributed by atoms with van der Waals surface area (Å²) in [4.78, 5) is 1.19. The van der Waals surface area contributed by atoms with E-state index in [0.29, 0.717) is 0 Å². The normalized spacial score (nSPS) is 10.2. The second-order valence-electron chi connectivity index (χ2n) is 4.14. The molecule has 0 unspecified atom stereocenters. The largest absolute Gasteiger partial charge is 0.497 e.